The summed E-state index contributed by atoms with van der Waals surface area (Å²) in [6, 6.07) is -0.0867. The van der Waals surface area contributed by atoms with Crippen LogP contribution >= 0.6 is 0 Å². The molecule has 0 heterocycles. The number of aliphatic carboxylic acids is 2. The largest absolute Gasteiger partial charge is 0.481 e. The van der Waals surface area contributed by atoms with Gasteiger partial charge in [0.05, 0.1) is 6.42 Å². The number of carbonyl (C=O) groups is 2. The number of unbranched alkanes of at least 4 members (excludes halogenated alkanes) is 8. The van der Waals surface area contributed by atoms with Crippen LogP contribution < -0.4 is 17.2 Å². The molecule has 0 bridgehead atoms. The molecule has 28 heavy (non-hydrogen) atoms. The number of nitrogens with two attached hydrogens (primary N) is 3. The second-order valence-corrected chi connectivity index (χ2v) is 8.15. The molecule has 0 amide bonds. The van der Waals surface area contributed by atoms with Crippen LogP contribution in [0.1, 0.15) is 103 Å². The zero-order valence-electron chi connectivity index (χ0n) is 17.5. The summed E-state index contributed by atoms with van der Waals surface area (Å²) in [5.74, 6) is -1.56. The molecule has 0 spiro atoms. The lowest BCUT2D eigenvalue weighted by molar-refractivity contribution is -0.138. The van der Waals surface area contributed by atoms with Gasteiger partial charge in [0.1, 0.15) is 0 Å². The maximum absolute atomic E-state index is 10.6. The zero-order chi connectivity index (χ0) is 21.2. The van der Waals surface area contributed by atoms with Crippen LogP contribution in [0.3, 0.4) is 0 Å². The van der Waals surface area contributed by atoms with Crippen molar-refractivity contribution in [2.45, 2.75) is 121 Å². The van der Waals surface area contributed by atoms with Crippen LogP contribution in [-0.4, -0.2) is 40.3 Å². The molecule has 0 aliphatic carbocycles. The molecule has 8 N–H and O–H groups in total. The summed E-state index contributed by atoms with van der Waals surface area (Å²) in [6.45, 7) is 0. The highest BCUT2D eigenvalue weighted by atomic mass is 16.4. The van der Waals surface area contributed by atoms with Gasteiger partial charge in [0.2, 0.25) is 0 Å². The first-order chi connectivity index (χ1) is 13.3. The minimum absolute atomic E-state index is 0.00302. The molecule has 7 heteroatoms. The second-order valence-electron chi connectivity index (χ2n) is 8.15. The molecule has 0 aromatic carbocycles. The minimum Gasteiger partial charge on any atom is -0.481 e. The van der Waals surface area contributed by atoms with E-state index in [1.807, 2.05) is 0 Å². The second kappa shape index (κ2) is 17.9. The summed E-state index contributed by atoms with van der Waals surface area (Å²) in [7, 11) is 0. The highest BCUT2D eigenvalue weighted by Crippen LogP contribution is 2.14. The number of hydrogen-bond acceptors (Lipinski definition) is 5. The molecule has 0 aromatic heterocycles. The predicted octanol–water partition coefficient (Wildman–Crippen LogP) is 3.38. The Morgan fingerprint density at radius 1 is 0.536 bits per heavy atom. The predicted molar refractivity (Wildman–Crippen MR) is 113 cm³/mol. The Bertz CT molecular complexity index is 407. The van der Waals surface area contributed by atoms with Crippen LogP contribution in [0.5, 0.6) is 0 Å². The van der Waals surface area contributed by atoms with Crippen LogP contribution in [0, 0.1) is 0 Å². The lowest BCUT2D eigenvalue weighted by Gasteiger charge is -2.17. The highest BCUT2D eigenvalue weighted by Gasteiger charge is 2.12. The maximum atomic E-state index is 10.6. The lowest BCUT2D eigenvalue weighted by Crippen LogP contribution is -2.30. The van der Waals surface area contributed by atoms with Gasteiger partial charge in [-0.3, -0.25) is 9.59 Å². The van der Waals surface area contributed by atoms with E-state index >= 15 is 0 Å². The average molecular weight is 402 g/mol. The molecular formula is C21H43N3O4. The van der Waals surface area contributed by atoms with Gasteiger partial charge >= 0.3 is 11.9 Å². The normalized spacial score (nSPS) is 14.5. The van der Waals surface area contributed by atoms with E-state index in [2.05, 4.69) is 0 Å². The molecule has 0 radical (unpaired) electrons. The van der Waals surface area contributed by atoms with Gasteiger partial charge in [-0.15, -0.1) is 0 Å². The van der Waals surface area contributed by atoms with E-state index in [4.69, 9.17) is 27.4 Å². The molecule has 0 fully saturated rings. The molecule has 0 rings (SSSR count). The Labute approximate surface area is 170 Å². The van der Waals surface area contributed by atoms with Gasteiger partial charge in [-0.1, -0.05) is 51.4 Å². The van der Waals surface area contributed by atoms with Crippen molar-refractivity contribution in [2.24, 2.45) is 17.2 Å². The van der Waals surface area contributed by atoms with E-state index in [0.717, 1.165) is 51.4 Å². The fraction of sp³-hybridized carbons (Fsp3) is 0.905. The molecule has 0 aromatic rings. The van der Waals surface area contributed by atoms with E-state index in [1.54, 1.807) is 0 Å². The van der Waals surface area contributed by atoms with Crippen molar-refractivity contribution in [1.29, 1.82) is 0 Å². The zero-order valence-corrected chi connectivity index (χ0v) is 17.5. The van der Waals surface area contributed by atoms with Gasteiger partial charge in [-0.05, 0) is 38.5 Å². The van der Waals surface area contributed by atoms with Crippen molar-refractivity contribution in [3.05, 3.63) is 0 Å². The number of hydrogen-bond donors (Lipinski definition) is 5. The molecule has 0 saturated carbocycles. The van der Waals surface area contributed by atoms with Crippen molar-refractivity contribution in [3.63, 3.8) is 0 Å². The number of carboxylic acid groups (broad SMARTS) is 2. The quantitative estimate of drug-likeness (QED) is 0.196. The monoisotopic (exact) mass is 401 g/mol. The molecule has 0 saturated heterocycles. The Morgan fingerprint density at radius 2 is 0.929 bits per heavy atom. The van der Waals surface area contributed by atoms with Crippen molar-refractivity contribution >= 4 is 11.9 Å². The number of rotatable bonds is 20. The van der Waals surface area contributed by atoms with Crippen LogP contribution in [0.2, 0.25) is 0 Å². The summed E-state index contributed by atoms with van der Waals surface area (Å²) in [6.07, 6.45) is 14.7. The Kier molecular flexibility index (Phi) is 17.1. The molecule has 166 valence electrons. The van der Waals surface area contributed by atoms with Crippen molar-refractivity contribution in [3.8, 4) is 0 Å². The lowest BCUT2D eigenvalue weighted by atomic mass is 9.97. The van der Waals surface area contributed by atoms with Gasteiger partial charge in [0.15, 0.2) is 0 Å². The van der Waals surface area contributed by atoms with E-state index in [-0.39, 0.29) is 24.5 Å². The molecule has 0 aliphatic heterocycles. The fourth-order valence-electron chi connectivity index (χ4n) is 3.39. The van der Waals surface area contributed by atoms with Gasteiger partial charge in [-0.2, -0.15) is 0 Å². The van der Waals surface area contributed by atoms with Crippen molar-refractivity contribution in [2.75, 3.05) is 0 Å². The summed E-state index contributed by atoms with van der Waals surface area (Å²) < 4.78 is 0. The smallest absolute Gasteiger partial charge is 0.304 e. The van der Waals surface area contributed by atoms with Crippen LogP contribution in [-0.2, 0) is 9.59 Å². The molecule has 3 unspecified atom stereocenters. The standard InChI is InChI=1S/C21H43N3O4/c22-17(12-13-18(23)14-15-19(24)16-21(27)28)10-8-6-4-2-1-3-5-7-9-11-20(25)26/h17-19H,1-16,22-24H2,(H,25,26)(H,27,28). The van der Waals surface area contributed by atoms with Gasteiger partial charge in [-0.25, -0.2) is 0 Å². The molecule has 7 nitrogen and oxygen atoms in total. The first kappa shape index (κ1) is 26.8. The molecule has 3 atom stereocenters. The van der Waals surface area contributed by atoms with Gasteiger partial charge < -0.3 is 27.4 Å². The van der Waals surface area contributed by atoms with Crippen LogP contribution in [0.25, 0.3) is 0 Å². The Balaban J connectivity index is 3.42. The maximum Gasteiger partial charge on any atom is 0.304 e. The fourth-order valence-corrected chi connectivity index (χ4v) is 3.39. The topological polar surface area (TPSA) is 153 Å². The minimum atomic E-state index is -0.862. The summed E-state index contributed by atoms with van der Waals surface area (Å²) >= 11 is 0. The van der Waals surface area contributed by atoms with Crippen LogP contribution in [0.4, 0.5) is 0 Å². The van der Waals surface area contributed by atoms with E-state index in [0.29, 0.717) is 12.8 Å². The number of carboxylic acids is 2. The SMILES string of the molecule is NC(CCCCCCCCCCCC(=O)O)CCC(N)CCC(N)CC(=O)O. The summed E-state index contributed by atoms with van der Waals surface area (Å²) in [4.78, 5) is 21.0. The third-order valence-corrected chi connectivity index (χ3v) is 5.22. The average Bonchev–Trinajstić information content (AvgIpc) is 2.61. The molecular weight excluding hydrogens is 358 g/mol. The van der Waals surface area contributed by atoms with E-state index < -0.39 is 11.9 Å². The highest BCUT2D eigenvalue weighted by molar-refractivity contribution is 5.67. The van der Waals surface area contributed by atoms with Gasteiger partial charge in [0, 0.05) is 24.5 Å². The first-order valence-corrected chi connectivity index (χ1v) is 11.0. The van der Waals surface area contributed by atoms with E-state index in [1.165, 1.54) is 32.1 Å². The third kappa shape index (κ3) is 19.6. The Morgan fingerprint density at radius 3 is 1.39 bits per heavy atom. The third-order valence-electron chi connectivity index (χ3n) is 5.22. The van der Waals surface area contributed by atoms with E-state index in [9.17, 15) is 9.59 Å². The summed E-state index contributed by atoms with van der Waals surface area (Å²) in [5, 5.41) is 17.3. The first-order valence-electron chi connectivity index (χ1n) is 11.0. The van der Waals surface area contributed by atoms with Crippen molar-refractivity contribution in [1.82, 2.24) is 0 Å². The van der Waals surface area contributed by atoms with Crippen molar-refractivity contribution < 1.29 is 19.8 Å². The van der Waals surface area contributed by atoms with Gasteiger partial charge in [0.25, 0.3) is 0 Å². The summed E-state index contributed by atoms with van der Waals surface area (Å²) in [5.41, 5.74) is 18.0. The Hall–Kier alpha value is -1.18. The molecule has 0 aliphatic rings. The van der Waals surface area contributed by atoms with Crippen LogP contribution in [0.15, 0.2) is 0 Å².